The Bertz CT molecular complexity index is 151. The summed E-state index contributed by atoms with van der Waals surface area (Å²) in [6, 6.07) is 0. The average molecular weight is 215 g/mol. The standard InChI is InChI=1S/C13H29NO/c1-6-7-8-10-14(5)11-9-12(15)13(2,3)4/h12,15H,6-11H2,1-5H3. The molecule has 0 amide bonds. The number of aliphatic hydroxyl groups excluding tert-OH is 1. The van der Waals surface area contributed by atoms with Gasteiger partial charge in [0.05, 0.1) is 6.10 Å². The maximum Gasteiger partial charge on any atom is 0.0600 e. The minimum absolute atomic E-state index is 0.0181. The highest BCUT2D eigenvalue weighted by molar-refractivity contribution is 4.73. The molecule has 0 spiro atoms. The van der Waals surface area contributed by atoms with Crippen LogP contribution in [0.2, 0.25) is 0 Å². The van der Waals surface area contributed by atoms with Gasteiger partial charge in [-0.2, -0.15) is 0 Å². The number of unbranched alkanes of at least 4 members (excludes halogenated alkanes) is 2. The van der Waals surface area contributed by atoms with E-state index in [-0.39, 0.29) is 11.5 Å². The van der Waals surface area contributed by atoms with Crippen molar-refractivity contribution >= 4 is 0 Å². The number of aliphatic hydroxyl groups is 1. The van der Waals surface area contributed by atoms with E-state index in [0.29, 0.717) is 0 Å². The van der Waals surface area contributed by atoms with Crippen LogP contribution in [0.5, 0.6) is 0 Å². The van der Waals surface area contributed by atoms with Gasteiger partial charge in [-0.3, -0.25) is 0 Å². The van der Waals surface area contributed by atoms with Gasteiger partial charge in [0.15, 0.2) is 0 Å². The van der Waals surface area contributed by atoms with E-state index in [0.717, 1.165) is 19.5 Å². The molecule has 0 aromatic heterocycles. The predicted octanol–water partition coefficient (Wildman–Crippen LogP) is 2.91. The van der Waals surface area contributed by atoms with Crippen LogP contribution < -0.4 is 0 Å². The maximum atomic E-state index is 9.88. The minimum Gasteiger partial charge on any atom is -0.393 e. The first-order valence-electron chi connectivity index (χ1n) is 6.24. The summed E-state index contributed by atoms with van der Waals surface area (Å²) in [7, 11) is 2.14. The molecule has 0 aliphatic heterocycles. The first-order chi connectivity index (χ1) is 6.88. The second kappa shape index (κ2) is 7.24. The van der Waals surface area contributed by atoms with Crippen LogP contribution in [0.4, 0.5) is 0 Å². The van der Waals surface area contributed by atoms with Gasteiger partial charge < -0.3 is 10.0 Å². The molecule has 0 aromatic rings. The molecule has 1 N–H and O–H groups in total. The molecular formula is C13H29NO. The number of rotatable bonds is 7. The number of nitrogens with zero attached hydrogens (tertiary/aromatic N) is 1. The Labute approximate surface area is 95.7 Å². The van der Waals surface area contributed by atoms with Crippen molar-refractivity contribution in [2.45, 2.75) is 59.5 Å². The largest absolute Gasteiger partial charge is 0.393 e. The first-order valence-corrected chi connectivity index (χ1v) is 6.24. The Morgan fingerprint density at radius 1 is 1.13 bits per heavy atom. The van der Waals surface area contributed by atoms with Crippen LogP contribution in [0.25, 0.3) is 0 Å². The highest BCUT2D eigenvalue weighted by atomic mass is 16.3. The average Bonchev–Trinajstić information content (AvgIpc) is 2.13. The summed E-state index contributed by atoms with van der Waals surface area (Å²) in [6.45, 7) is 10.7. The van der Waals surface area contributed by atoms with E-state index < -0.39 is 0 Å². The van der Waals surface area contributed by atoms with Crippen molar-refractivity contribution in [1.29, 1.82) is 0 Å². The quantitative estimate of drug-likeness (QED) is 0.660. The van der Waals surface area contributed by atoms with Gasteiger partial charge in [-0.05, 0) is 31.8 Å². The molecule has 0 saturated carbocycles. The lowest BCUT2D eigenvalue weighted by Gasteiger charge is -2.27. The summed E-state index contributed by atoms with van der Waals surface area (Å²) in [5.41, 5.74) is 0.0181. The second-order valence-electron chi connectivity index (χ2n) is 5.68. The van der Waals surface area contributed by atoms with Crippen LogP contribution in [-0.2, 0) is 0 Å². The fourth-order valence-electron chi connectivity index (χ4n) is 1.52. The third-order valence-corrected chi connectivity index (χ3v) is 2.93. The van der Waals surface area contributed by atoms with E-state index in [1.807, 2.05) is 0 Å². The fourth-order valence-corrected chi connectivity index (χ4v) is 1.52. The van der Waals surface area contributed by atoms with E-state index in [1.165, 1.54) is 19.3 Å². The summed E-state index contributed by atoms with van der Waals surface area (Å²) in [5, 5.41) is 9.88. The fraction of sp³-hybridized carbons (Fsp3) is 1.00. The summed E-state index contributed by atoms with van der Waals surface area (Å²) >= 11 is 0. The van der Waals surface area contributed by atoms with Crippen molar-refractivity contribution in [1.82, 2.24) is 4.90 Å². The monoisotopic (exact) mass is 215 g/mol. The minimum atomic E-state index is -0.189. The van der Waals surface area contributed by atoms with Gasteiger partial charge in [0.1, 0.15) is 0 Å². The van der Waals surface area contributed by atoms with Crippen molar-refractivity contribution in [2.75, 3.05) is 20.1 Å². The molecule has 1 unspecified atom stereocenters. The van der Waals surface area contributed by atoms with Crippen molar-refractivity contribution in [3.63, 3.8) is 0 Å². The van der Waals surface area contributed by atoms with Gasteiger partial charge in [-0.15, -0.1) is 0 Å². The van der Waals surface area contributed by atoms with Gasteiger partial charge in [-0.25, -0.2) is 0 Å². The zero-order valence-electron chi connectivity index (χ0n) is 11.2. The summed E-state index contributed by atoms with van der Waals surface area (Å²) in [5.74, 6) is 0. The molecule has 2 heteroatoms. The molecule has 0 fully saturated rings. The molecule has 0 radical (unpaired) electrons. The summed E-state index contributed by atoms with van der Waals surface area (Å²) < 4.78 is 0. The lowest BCUT2D eigenvalue weighted by atomic mass is 9.87. The topological polar surface area (TPSA) is 23.5 Å². The Morgan fingerprint density at radius 2 is 1.73 bits per heavy atom. The smallest absolute Gasteiger partial charge is 0.0600 e. The van der Waals surface area contributed by atoms with Gasteiger partial charge in [-0.1, -0.05) is 40.5 Å². The van der Waals surface area contributed by atoms with Crippen molar-refractivity contribution in [3.8, 4) is 0 Å². The molecule has 0 aliphatic carbocycles. The third kappa shape index (κ3) is 7.80. The lowest BCUT2D eigenvalue weighted by Crippen LogP contribution is -2.31. The van der Waals surface area contributed by atoms with Crippen LogP contribution in [0.15, 0.2) is 0 Å². The van der Waals surface area contributed by atoms with Crippen LogP contribution >= 0.6 is 0 Å². The van der Waals surface area contributed by atoms with Gasteiger partial charge in [0.2, 0.25) is 0 Å². The molecule has 2 nitrogen and oxygen atoms in total. The summed E-state index contributed by atoms with van der Waals surface area (Å²) in [4.78, 5) is 2.32. The van der Waals surface area contributed by atoms with Gasteiger partial charge >= 0.3 is 0 Å². The number of hydrogen-bond donors (Lipinski definition) is 1. The molecule has 0 rings (SSSR count). The Hall–Kier alpha value is -0.0800. The SMILES string of the molecule is CCCCCN(C)CCC(O)C(C)(C)C. The lowest BCUT2D eigenvalue weighted by molar-refractivity contribution is 0.0478. The molecule has 92 valence electrons. The molecule has 0 aliphatic rings. The Morgan fingerprint density at radius 3 is 2.20 bits per heavy atom. The molecule has 0 aromatic carbocycles. The van der Waals surface area contributed by atoms with Crippen molar-refractivity contribution < 1.29 is 5.11 Å². The zero-order chi connectivity index (χ0) is 11.9. The highest BCUT2D eigenvalue weighted by Crippen LogP contribution is 2.21. The van der Waals surface area contributed by atoms with Crippen LogP contribution in [-0.4, -0.2) is 36.2 Å². The molecule has 15 heavy (non-hydrogen) atoms. The molecule has 0 bridgehead atoms. The normalized spacial score (nSPS) is 14.6. The second-order valence-corrected chi connectivity index (χ2v) is 5.68. The first kappa shape index (κ1) is 14.9. The Balaban J connectivity index is 3.57. The molecule has 0 heterocycles. The van der Waals surface area contributed by atoms with Gasteiger partial charge in [0.25, 0.3) is 0 Å². The van der Waals surface area contributed by atoms with Crippen LogP contribution in [0.1, 0.15) is 53.4 Å². The molecular weight excluding hydrogens is 186 g/mol. The van der Waals surface area contributed by atoms with Gasteiger partial charge in [0, 0.05) is 6.54 Å². The summed E-state index contributed by atoms with van der Waals surface area (Å²) in [6.07, 6.45) is 4.56. The molecule has 1 atom stereocenters. The Kier molecular flexibility index (Phi) is 7.20. The van der Waals surface area contributed by atoms with E-state index in [4.69, 9.17) is 0 Å². The van der Waals surface area contributed by atoms with E-state index in [1.54, 1.807) is 0 Å². The van der Waals surface area contributed by atoms with E-state index in [9.17, 15) is 5.11 Å². The van der Waals surface area contributed by atoms with Crippen LogP contribution in [0, 0.1) is 5.41 Å². The van der Waals surface area contributed by atoms with Crippen molar-refractivity contribution in [2.24, 2.45) is 5.41 Å². The maximum absolute atomic E-state index is 9.88. The predicted molar refractivity (Wildman–Crippen MR) is 67.1 cm³/mol. The number of hydrogen-bond acceptors (Lipinski definition) is 2. The molecule has 0 saturated heterocycles. The highest BCUT2D eigenvalue weighted by Gasteiger charge is 2.21. The zero-order valence-corrected chi connectivity index (χ0v) is 11.2. The third-order valence-electron chi connectivity index (χ3n) is 2.93. The van der Waals surface area contributed by atoms with E-state index >= 15 is 0 Å². The van der Waals surface area contributed by atoms with Crippen LogP contribution in [0.3, 0.4) is 0 Å². The van der Waals surface area contributed by atoms with E-state index in [2.05, 4.69) is 39.6 Å². The van der Waals surface area contributed by atoms with Crippen molar-refractivity contribution in [3.05, 3.63) is 0 Å².